The van der Waals surface area contributed by atoms with Gasteiger partial charge in [0.25, 0.3) is 5.91 Å². The van der Waals surface area contributed by atoms with Crippen LogP contribution in [0.15, 0.2) is 0 Å². The Balaban J connectivity index is 1.82. The predicted molar refractivity (Wildman–Crippen MR) is 71.1 cm³/mol. The van der Waals surface area contributed by atoms with Crippen LogP contribution in [0.25, 0.3) is 0 Å². The van der Waals surface area contributed by atoms with Crippen molar-refractivity contribution in [3.8, 4) is 0 Å². The number of piperidine rings is 1. The van der Waals surface area contributed by atoms with Crippen molar-refractivity contribution in [3.63, 3.8) is 0 Å². The van der Waals surface area contributed by atoms with Gasteiger partial charge in [-0.25, -0.2) is 4.79 Å². The average Bonchev–Trinajstić information content (AvgIpc) is 2.68. The van der Waals surface area contributed by atoms with Crippen molar-refractivity contribution in [3.05, 3.63) is 0 Å². The minimum Gasteiger partial charge on any atom is -0.371 e. The van der Waals surface area contributed by atoms with Crippen molar-refractivity contribution in [2.75, 3.05) is 32.8 Å². The Hall–Kier alpha value is -1.35. The summed E-state index contributed by atoms with van der Waals surface area (Å²) in [6.45, 7) is 2.08. The first-order chi connectivity index (χ1) is 10.2. The van der Waals surface area contributed by atoms with Crippen molar-refractivity contribution in [1.82, 2.24) is 15.5 Å². The second-order valence-electron chi connectivity index (χ2n) is 5.92. The van der Waals surface area contributed by atoms with E-state index in [0.29, 0.717) is 13.1 Å². The molecule has 0 aliphatic carbocycles. The zero-order valence-electron chi connectivity index (χ0n) is 12.3. The van der Waals surface area contributed by atoms with Gasteiger partial charge in [0.05, 0.1) is 6.61 Å². The summed E-state index contributed by atoms with van der Waals surface area (Å²) in [4.78, 5) is 25.2. The summed E-state index contributed by atoms with van der Waals surface area (Å²) in [6, 6.07) is -0.502. The number of rotatable bonds is 5. The molecule has 6 nitrogen and oxygen atoms in total. The van der Waals surface area contributed by atoms with E-state index < -0.39 is 24.4 Å². The summed E-state index contributed by atoms with van der Waals surface area (Å²) in [6.07, 6.45) is -2.71. The Labute approximate surface area is 126 Å². The lowest BCUT2D eigenvalue weighted by atomic mass is 9.80. The van der Waals surface area contributed by atoms with Crippen LogP contribution in [0.2, 0.25) is 0 Å². The average molecular weight is 323 g/mol. The number of imide groups is 1. The SMILES string of the molecule is C[C@]1([C@@H]2CCCN(CCOCC(F)(F)F)C2)NC(=O)NC1=O. The van der Waals surface area contributed by atoms with E-state index in [1.54, 1.807) is 6.92 Å². The molecule has 2 aliphatic rings. The third-order valence-electron chi connectivity index (χ3n) is 4.21. The molecule has 2 heterocycles. The van der Waals surface area contributed by atoms with Crippen molar-refractivity contribution in [2.24, 2.45) is 5.92 Å². The minimum absolute atomic E-state index is 0.0124. The van der Waals surface area contributed by atoms with E-state index in [4.69, 9.17) is 0 Å². The second-order valence-corrected chi connectivity index (χ2v) is 5.92. The van der Waals surface area contributed by atoms with Crippen molar-refractivity contribution < 1.29 is 27.5 Å². The molecule has 22 heavy (non-hydrogen) atoms. The van der Waals surface area contributed by atoms with Crippen LogP contribution in [0.3, 0.4) is 0 Å². The fraction of sp³-hybridized carbons (Fsp3) is 0.846. The van der Waals surface area contributed by atoms with Gasteiger partial charge in [-0.3, -0.25) is 10.1 Å². The molecule has 2 N–H and O–H groups in total. The van der Waals surface area contributed by atoms with Gasteiger partial charge in [0.1, 0.15) is 12.1 Å². The van der Waals surface area contributed by atoms with Crippen LogP contribution >= 0.6 is 0 Å². The summed E-state index contributed by atoms with van der Waals surface area (Å²) >= 11 is 0. The summed E-state index contributed by atoms with van der Waals surface area (Å²) in [5, 5.41) is 4.88. The van der Waals surface area contributed by atoms with Crippen LogP contribution in [0, 0.1) is 5.92 Å². The number of carbonyl (C=O) groups excluding carboxylic acids is 2. The van der Waals surface area contributed by atoms with Gasteiger partial charge in [-0.2, -0.15) is 13.2 Å². The van der Waals surface area contributed by atoms with Crippen LogP contribution in [-0.2, 0) is 9.53 Å². The number of carbonyl (C=O) groups is 2. The number of ether oxygens (including phenoxy) is 1. The molecule has 0 aromatic heterocycles. The first-order valence-corrected chi connectivity index (χ1v) is 7.21. The monoisotopic (exact) mass is 323 g/mol. The lowest BCUT2D eigenvalue weighted by Gasteiger charge is -2.39. The van der Waals surface area contributed by atoms with Crippen molar-refractivity contribution in [2.45, 2.75) is 31.5 Å². The van der Waals surface area contributed by atoms with Gasteiger partial charge in [0, 0.05) is 19.0 Å². The third-order valence-corrected chi connectivity index (χ3v) is 4.21. The number of nitrogens with one attached hydrogen (secondary N) is 2. The Morgan fingerprint density at radius 1 is 1.41 bits per heavy atom. The number of alkyl halides is 3. The van der Waals surface area contributed by atoms with Crippen LogP contribution in [0.1, 0.15) is 19.8 Å². The van der Waals surface area contributed by atoms with Crippen LogP contribution < -0.4 is 10.6 Å². The molecule has 2 rings (SSSR count). The molecule has 2 fully saturated rings. The highest BCUT2D eigenvalue weighted by Crippen LogP contribution is 2.29. The lowest BCUT2D eigenvalue weighted by Crippen LogP contribution is -2.56. The molecular formula is C13H20F3N3O3. The molecule has 0 radical (unpaired) electrons. The summed E-state index contributed by atoms with van der Waals surface area (Å²) in [5.74, 6) is -0.423. The maximum Gasteiger partial charge on any atom is 0.411 e. The smallest absolute Gasteiger partial charge is 0.371 e. The summed E-state index contributed by atoms with van der Waals surface area (Å²) < 4.78 is 40.6. The molecule has 0 unspecified atom stereocenters. The van der Waals surface area contributed by atoms with Crippen LogP contribution in [0.5, 0.6) is 0 Å². The second kappa shape index (κ2) is 6.41. The topological polar surface area (TPSA) is 70.7 Å². The molecule has 9 heteroatoms. The largest absolute Gasteiger partial charge is 0.411 e. The predicted octanol–water partition coefficient (Wildman–Crippen LogP) is 0.875. The molecule has 2 saturated heterocycles. The number of amides is 3. The molecule has 0 saturated carbocycles. The normalized spacial score (nSPS) is 30.3. The van der Waals surface area contributed by atoms with Crippen molar-refractivity contribution >= 4 is 11.9 Å². The quantitative estimate of drug-likeness (QED) is 0.582. The number of hydrogen-bond donors (Lipinski definition) is 2. The first-order valence-electron chi connectivity index (χ1n) is 7.21. The molecule has 0 spiro atoms. The Kier molecular flexibility index (Phi) is 4.96. The maximum atomic E-state index is 12.0. The van der Waals surface area contributed by atoms with E-state index in [1.807, 2.05) is 4.90 Å². The Bertz CT molecular complexity index is 444. The highest BCUT2D eigenvalue weighted by Gasteiger charge is 2.48. The molecule has 0 bridgehead atoms. The standard InChI is InChI=1S/C13H20F3N3O3/c1-12(10(20)17-11(21)18-12)9-3-2-4-19(7-9)5-6-22-8-13(14,15)16/h9H,2-8H2,1H3,(H2,17,18,20,21)/t9-,12-/m1/s1. The number of hydrogen-bond acceptors (Lipinski definition) is 4. The van der Waals surface area contributed by atoms with E-state index in [-0.39, 0.29) is 18.4 Å². The number of halogens is 3. The zero-order chi connectivity index (χ0) is 16.4. The van der Waals surface area contributed by atoms with Gasteiger partial charge in [-0.15, -0.1) is 0 Å². The molecule has 0 aromatic rings. The molecule has 2 atom stereocenters. The zero-order valence-corrected chi connectivity index (χ0v) is 12.3. The lowest BCUT2D eigenvalue weighted by molar-refractivity contribution is -0.174. The minimum atomic E-state index is -4.32. The molecular weight excluding hydrogens is 303 g/mol. The molecule has 126 valence electrons. The van der Waals surface area contributed by atoms with E-state index >= 15 is 0 Å². The highest BCUT2D eigenvalue weighted by atomic mass is 19.4. The summed E-state index contributed by atoms with van der Waals surface area (Å²) in [7, 11) is 0. The van der Waals surface area contributed by atoms with Gasteiger partial charge in [-0.1, -0.05) is 0 Å². The van der Waals surface area contributed by atoms with Crippen LogP contribution in [0.4, 0.5) is 18.0 Å². The number of urea groups is 1. The van der Waals surface area contributed by atoms with Gasteiger partial charge < -0.3 is 15.0 Å². The first kappa shape index (κ1) is 17.0. The Morgan fingerprint density at radius 2 is 2.14 bits per heavy atom. The molecule has 3 amide bonds. The maximum absolute atomic E-state index is 12.0. The Morgan fingerprint density at radius 3 is 2.73 bits per heavy atom. The van der Waals surface area contributed by atoms with Gasteiger partial charge in [-0.05, 0) is 26.3 Å². The van der Waals surface area contributed by atoms with Crippen LogP contribution in [-0.4, -0.2) is 61.4 Å². The van der Waals surface area contributed by atoms with E-state index in [0.717, 1.165) is 19.4 Å². The molecule has 0 aromatic carbocycles. The number of nitrogens with zero attached hydrogens (tertiary/aromatic N) is 1. The van der Waals surface area contributed by atoms with E-state index in [2.05, 4.69) is 15.4 Å². The fourth-order valence-electron chi connectivity index (χ4n) is 2.96. The highest BCUT2D eigenvalue weighted by molar-refractivity contribution is 6.06. The fourth-order valence-corrected chi connectivity index (χ4v) is 2.96. The van der Waals surface area contributed by atoms with Gasteiger partial charge in [0.2, 0.25) is 0 Å². The van der Waals surface area contributed by atoms with Gasteiger partial charge >= 0.3 is 12.2 Å². The molecule has 2 aliphatic heterocycles. The van der Waals surface area contributed by atoms with Gasteiger partial charge in [0.15, 0.2) is 0 Å². The van der Waals surface area contributed by atoms with Crippen molar-refractivity contribution in [1.29, 1.82) is 0 Å². The third kappa shape index (κ3) is 4.10. The number of likely N-dealkylation sites (tertiary alicyclic amines) is 1. The van der Waals surface area contributed by atoms with E-state index in [1.165, 1.54) is 0 Å². The summed E-state index contributed by atoms with van der Waals surface area (Å²) in [5.41, 5.74) is -0.956. The van der Waals surface area contributed by atoms with E-state index in [9.17, 15) is 22.8 Å².